The van der Waals surface area contributed by atoms with E-state index in [1.165, 1.54) is 0 Å². The SMILES string of the molecule is CCCCNC(=O)C(C)N(Cc1c(Cl)cccc1Cl)C(=O)CCSc1ccccc1. The van der Waals surface area contributed by atoms with Crippen LogP contribution in [0.25, 0.3) is 0 Å². The second kappa shape index (κ2) is 12.9. The average molecular weight is 467 g/mol. The Hall–Kier alpha value is -1.69. The number of carbonyl (C=O) groups is 2. The van der Waals surface area contributed by atoms with E-state index in [1.54, 1.807) is 41.8 Å². The van der Waals surface area contributed by atoms with E-state index in [9.17, 15) is 9.59 Å². The third-order valence-corrected chi connectivity index (χ3v) is 6.44. The number of rotatable bonds is 11. The van der Waals surface area contributed by atoms with Crippen molar-refractivity contribution in [3.8, 4) is 0 Å². The summed E-state index contributed by atoms with van der Waals surface area (Å²) < 4.78 is 0. The Morgan fingerprint density at radius 3 is 2.37 bits per heavy atom. The molecule has 2 amide bonds. The average Bonchev–Trinajstić information content (AvgIpc) is 2.74. The highest BCUT2D eigenvalue weighted by molar-refractivity contribution is 7.99. The van der Waals surface area contributed by atoms with Crippen molar-refractivity contribution < 1.29 is 9.59 Å². The predicted molar refractivity (Wildman–Crippen MR) is 126 cm³/mol. The maximum absolute atomic E-state index is 13.1. The zero-order chi connectivity index (χ0) is 21.9. The van der Waals surface area contributed by atoms with Crippen LogP contribution in [0, 0.1) is 0 Å². The molecule has 0 heterocycles. The standard InChI is InChI=1S/C23H28Cl2N2O2S/c1-3-4-14-26-23(29)17(2)27(16-19-20(24)11-8-12-21(19)25)22(28)13-15-30-18-9-6-5-7-10-18/h5-12,17H,3-4,13-16H2,1-2H3,(H,26,29). The predicted octanol–water partition coefficient (Wildman–Crippen LogP) is 5.81. The molecule has 0 spiro atoms. The molecule has 0 bridgehead atoms. The topological polar surface area (TPSA) is 49.4 Å². The first-order valence-corrected chi connectivity index (χ1v) is 11.9. The summed E-state index contributed by atoms with van der Waals surface area (Å²) >= 11 is 14.3. The van der Waals surface area contributed by atoms with E-state index in [2.05, 4.69) is 12.2 Å². The number of nitrogens with one attached hydrogen (secondary N) is 1. The molecule has 1 atom stereocenters. The Labute approximate surface area is 193 Å². The Morgan fingerprint density at radius 2 is 1.73 bits per heavy atom. The fraction of sp³-hybridized carbons (Fsp3) is 0.391. The molecule has 0 aliphatic heterocycles. The van der Waals surface area contributed by atoms with E-state index in [4.69, 9.17) is 23.2 Å². The van der Waals surface area contributed by atoms with Gasteiger partial charge in [0.1, 0.15) is 6.04 Å². The van der Waals surface area contributed by atoms with E-state index in [-0.39, 0.29) is 18.4 Å². The Morgan fingerprint density at radius 1 is 1.07 bits per heavy atom. The van der Waals surface area contributed by atoms with Crippen molar-refractivity contribution >= 4 is 46.8 Å². The van der Waals surface area contributed by atoms with E-state index in [0.717, 1.165) is 17.7 Å². The van der Waals surface area contributed by atoms with Crippen molar-refractivity contribution in [2.45, 2.75) is 50.6 Å². The molecule has 0 radical (unpaired) electrons. The van der Waals surface area contributed by atoms with E-state index < -0.39 is 6.04 Å². The Balaban J connectivity index is 2.10. The van der Waals surface area contributed by atoms with Gasteiger partial charge in [0.05, 0.1) is 0 Å². The van der Waals surface area contributed by atoms with Crippen molar-refractivity contribution in [3.63, 3.8) is 0 Å². The molecule has 0 aromatic heterocycles. The van der Waals surface area contributed by atoms with Gasteiger partial charge in [0.15, 0.2) is 0 Å². The van der Waals surface area contributed by atoms with Gasteiger partial charge in [0.2, 0.25) is 11.8 Å². The maximum Gasteiger partial charge on any atom is 0.242 e. The number of unbranched alkanes of at least 4 members (excludes halogenated alkanes) is 1. The lowest BCUT2D eigenvalue weighted by Crippen LogP contribution is -2.48. The number of nitrogens with zero attached hydrogens (tertiary/aromatic N) is 1. The largest absolute Gasteiger partial charge is 0.354 e. The maximum atomic E-state index is 13.1. The Bertz CT molecular complexity index is 813. The lowest BCUT2D eigenvalue weighted by molar-refractivity contribution is -0.140. The molecule has 1 N–H and O–H groups in total. The lowest BCUT2D eigenvalue weighted by Gasteiger charge is -2.29. The molecule has 4 nitrogen and oxygen atoms in total. The highest BCUT2D eigenvalue weighted by atomic mass is 35.5. The number of amides is 2. The van der Waals surface area contributed by atoms with E-state index >= 15 is 0 Å². The zero-order valence-electron chi connectivity index (χ0n) is 17.4. The number of benzene rings is 2. The van der Waals surface area contributed by atoms with Crippen LogP contribution in [0.15, 0.2) is 53.4 Å². The number of thioether (sulfide) groups is 1. The summed E-state index contributed by atoms with van der Waals surface area (Å²) in [6.07, 6.45) is 2.20. The highest BCUT2D eigenvalue weighted by Crippen LogP contribution is 2.27. The molecule has 2 aromatic rings. The number of hydrogen-bond donors (Lipinski definition) is 1. The van der Waals surface area contributed by atoms with Crippen molar-refractivity contribution in [2.24, 2.45) is 0 Å². The van der Waals surface area contributed by atoms with Crippen LogP contribution in [0.1, 0.15) is 38.7 Å². The van der Waals surface area contributed by atoms with Gasteiger partial charge in [-0.15, -0.1) is 11.8 Å². The fourth-order valence-electron chi connectivity index (χ4n) is 2.89. The minimum Gasteiger partial charge on any atom is -0.354 e. The summed E-state index contributed by atoms with van der Waals surface area (Å²) in [7, 11) is 0. The van der Waals surface area contributed by atoms with E-state index in [0.29, 0.717) is 34.3 Å². The molecule has 2 rings (SSSR count). The summed E-state index contributed by atoms with van der Waals surface area (Å²) in [6.45, 7) is 4.59. The molecular formula is C23H28Cl2N2O2S. The lowest BCUT2D eigenvalue weighted by atomic mass is 10.1. The normalized spacial score (nSPS) is 11.7. The molecule has 162 valence electrons. The highest BCUT2D eigenvalue weighted by Gasteiger charge is 2.27. The third kappa shape index (κ3) is 7.53. The van der Waals surface area contributed by atoms with Crippen LogP contribution >= 0.6 is 35.0 Å². The van der Waals surface area contributed by atoms with E-state index in [1.807, 2.05) is 30.3 Å². The zero-order valence-corrected chi connectivity index (χ0v) is 19.7. The number of hydrogen-bond acceptors (Lipinski definition) is 3. The molecule has 0 saturated carbocycles. The second-order valence-corrected chi connectivity index (χ2v) is 8.94. The summed E-state index contributed by atoms with van der Waals surface area (Å²) in [5.41, 5.74) is 0.651. The van der Waals surface area contributed by atoms with Crippen LogP contribution < -0.4 is 5.32 Å². The molecule has 0 fully saturated rings. The monoisotopic (exact) mass is 466 g/mol. The van der Waals surface area contributed by atoms with Crippen LogP contribution in [0.3, 0.4) is 0 Å². The van der Waals surface area contributed by atoms with Gasteiger partial charge in [0.25, 0.3) is 0 Å². The molecule has 1 unspecified atom stereocenters. The second-order valence-electron chi connectivity index (χ2n) is 6.95. The first-order valence-electron chi connectivity index (χ1n) is 10.1. The first-order chi connectivity index (χ1) is 14.4. The molecule has 0 saturated heterocycles. The Kier molecular flexibility index (Phi) is 10.6. The quantitative estimate of drug-likeness (QED) is 0.335. The summed E-state index contributed by atoms with van der Waals surface area (Å²) in [4.78, 5) is 28.4. The van der Waals surface area contributed by atoms with Gasteiger partial charge in [-0.3, -0.25) is 9.59 Å². The number of halogens is 2. The van der Waals surface area contributed by atoms with Gasteiger partial charge in [0, 0.05) is 45.8 Å². The van der Waals surface area contributed by atoms with Crippen LogP contribution in [0.4, 0.5) is 0 Å². The molecule has 7 heteroatoms. The molecule has 0 aliphatic carbocycles. The van der Waals surface area contributed by atoms with Gasteiger partial charge in [-0.1, -0.05) is 60.8 Å². The van der Waals surface area contributed by atoms with Gasteiger partial charge in [-0.2, -0.15) is 0 Å². The van der Waals surface area contributed by atoms with Gasteiger partial charge in [-0.05, 0) is 37.6 Å². The fourth-order valence-corrected chi connectivity index (χ4v) is 4.27. The molecule has 0 aliphatic rings. The van der Waals surface area contributed by atoms with Crippen LogP contribution in [0.2, 0.25) is 10.0 Å². The van der Waals surface area contributed by atoms with Crippen molar-refractivity contribution in [1.29, 1.82) is 0 Å². The van der Waals surface area contributed by atoms with Crippen LogP contribution in [-0.4, -0.2) is 35.1 Å². The summed E-state index contributed by atoms with van der Waals surface area (Å²) in [5.74, 6) is 0.350. The van der Waals surface area contributed by atoms with Crippen molar-refractivity contribution in [2.75, 3.05) is 12.3 Å². The van der Waals surface area contributed by atoms with Crippen molar-refractivity contribution in [3.05, 3.63) is 64.1 Å². The summed E-state index contributed by atoms with van der Waals surface area (Å²) in [6, 6.07) is 14.5. The first kappa shape index (κ1) is 24.6. The minimum absolute atomic E-state index is 0.104. The van der Waals surface area contributed by atoms with Gasteiger partial charge in [-0.25, -0.2) is 0 Å². The minimum atomic E-state index is -0.622. The van der Waals surface area contributed by atoms with Crippen molar-refractivity contribution in [1.82, 2.24) is 10.2 Å². The van der Waals surface area contributed by atoms with Gasteiger partial charge < -0.3 is 10.2 Å². The molecular weight excluding hydrogens is 439 g/mol. The molecule has 2 aromatic carbocycles. The van der Waals surface area contributed by atoms with Crippen LogP contribution in [-0.2, 0) is 16.1 Å². The van der Waals surface area contributed by atoms with Gasteiger partial charge >= 0.3 is 0 Å². The summed E-state index contributed by atoms with van der Waals surface area (Å²) in [5, 5.41) is 3.88. The third-order valence-electron chi connectivity index (χ3n) is 4.71. The smallest absolute Gasteiger partial charge is 0.242 e. The molecule has 30 heavy (non-hydrogen) atoms. The number of carbonyl (C=O) groups excluding carboxylic acids is 2. The van der Waals surface area contributed by atoms with Crippen LogP contribution in [0.5, 0.6) is 0 Å².